The molecular formula is C12H21O10PS3. The molecule has 0 bridgehead atoms. The monoisotopic (exact) mass is 452 g/mol. The Bertz CT molecular complexity index is 788. The quantitative estimate of drug-likeness (QED) is 0.492. The molecule has 3 fully saturated rings. The van der Waals surface area contributed by atoms with Gasteiger partial charge in [0, 0.05) is 0 Å². The van der Waals surface area contributed by atoms with E-state index in [1.54, 1.807) is 0 Å². The first kappa shape index (κ1) is 20.7. The zero-order chi connectivity index (χ0) is 19.2. The fourth-order valence-electron chi connectivity index (χ4n) is 3.15. The Labute approximate surface area is 153 Å². The van der Waals surface area contributed by atoms with Gasteiger partial charge >= 0.3 is 7.82 Å². The second-order valence-electron chi connectivity index (χ2n) is 6.84. The largest absolute Gasteiger partial charge is 0.475 e. The first-order chi connectivity index (χ1) is 11.9. The molecule has 10 nitrogen and oxygen atoms in total. The lowest BCUT2D eigenvalue weighted by Crippen LogP contribution is -2.23. The highest BCUT2D eigenvalue weighted by Crippen LogP contribution is 2.55. The highest BCUT2D eigenvalue weighted by atomic mass is 32.2. The summed E-state index contributed by atoms with van der Waals surface area (Å²) in [6.07, 6.45) is -2.36. The predicted molar refractivity (Wildman–Crippen MR) is 92.0 cm³/mol. The molecular weight excluding hydrogens is 431 g/mol. The number of sulfone groups is 3. The summed E-state index contributed by atoms with van der Waals surface area (Å²) < 4.78 is 98.5. The van der Waals surface area contributed by atoms with E-state index >= 15 is 0 Å². The second-order valence-corrected chi connectivity index (χ2v) is 15.1. The minimum absolute atomic E-state index is 0.116. The van der Waals surface area contributed by atoms with Crippen molar-refractivity contribution in [1.29, 1.82) is 0 Å². The molecule has 0 aromatic rings. The van der Waals surface area contributed by atoms with Gasteiger partial charge in [-0.15, -0.1) is 0 Å². The van der Waals surface area contributed by atoms with Crippen molar-refractivity contribution >= 4 is 37.3 Å². The summed E-state index contributed by atoms with van der Waals surface area (Å²) in [5.74, 6) is -1.37. The molecule has 0 amide bonds. The Morgan fingerprint density at radius 3 is 1.04 bits per heavy atom. The van der Waals surface area contributed by atoms with Gasteiger partial charge in [0.1, 0.15) is 0 Å². The van der Waals surface area contributed by atoms with E-state index in [0.29, 0.717) is 0 Å². The molecule has 152 valence electrons. The van der Waals surface area contributed by atoms with E-state index in [4.69, 9.17) is 13.6 Å². The van der Waals surface area contributed by atoms with Gasteiger partial charge in [-0.2, -0.15) is 0 Å². The van der Waals surface area contributed by atoms with Crippen LogP contribution in [0.25, 0.3) is 0 Å². The third-order valence-corrected chi connectivity index (χ3v) is 11.3. The molecule has 0 unspecified atom stereocenters. The van der Waals surface area contributed by atoms with E-state index < -0.39 is 55.6 Å². The Morgan fingerprint density at radius 1 is 0.577 bits per heavy atom. The Hall–Kier alpha value is -0.0400. The number of hydrogen-bond acceptors (Lipinski definition) is 10. The van der Waals surface area contributed by atoms with Gasteiger partial charge < -0.3 is 0 Å². The summed E-state index contributed by atoms with van der Waals surface area (Å²) >= 11 is 0. The summed E-state index contributed by atoms with van der Waals surface area (Å²) in [6.45, 7) is 0. The fraction of sp³-hybridized carbons (Fsp3) is 1.00. The van der Waals surface area contributed by atoms with Crippen LogP contribution in [0.4, 0.5) is 0 Å². The van der Waals surface area contributed by atoms with E-state index in [1.165, 1.54) is 0 Å². The van der Waals surface area contributed by atoms with Crippen LogP contribution in [0, 0.1) is 0 Å². The molecule has 14 heteroatoms. The van der Waals surface area contributed by atoms with Gasteiger partial charge in [0.15, 0.2) is 29.5 Å². The molecule has 0 radical (unpaired) electrons. The number of phosphoric ester groups is 1. The molecule has 0 spiro atoms. The van der Waals surface area contributed by atoms with Crippen molar-refractivity contribution in [2.45, 2.75) is 37.6 Å². The lowest BCUT2D eigenvalue weighted by atomic mass is 10.3. The summed E-state index contributed by atoms with van der Waals surface area (Å²) in [4.78, 5) is 0. The highest BCUT2D eigenvalue weighted by Gasteiger charge is 2.44. The van der Waals surface area contributed by atoms with Gasteiger partial charge in [-0.05, 0) is 19.3 Å². The Balaban J connectivity index is 1.73. The van der Waals surface area contributed by atoms with Crippen LogP contribution in [0.1, 0.15) is 19.3 Å². The van der Waals surface area contributed by atoms with Gasteiger partial charge in [0.25, 0.3) is 0 Å². The maximum atomic E-state index is 13.1. The van der Waals surface area contributed by atoms with E-state index in [1.807, 2.05) is 0 Å². The standard InChI is InChI=1S/C12H21O10PS3/c13-23(20-10-1-4-24(14,15)7-10,21-11-2-5-25(16,17)8-11)22-12-3-6-26(18,19)9-12/h10-12H,1-9H2/t10-,11-,12-/m1/s1. The molecule has 3 rings (SSSR count). The average Bonchev–Trinajstić information content (AvgIpc) is 3.07. The number of rotatable bonds is 6. The minimum Gasteiger partial charge on any atom is -0.282 e. The van der Waals surface area contributed by atoms with Crippen molar-refractivity contribution in [1.82, 2.24) is 0 Å². The van der Waals surface area contributed by atoms with Gasteiger partial charge in [0.2, 0.25) is 0 Å². The first-order valence-electron chi connectivity index (χ1n) is 8.12. The Morgan fingerprint density at radius 2 is 0.846 bits per heavy atom. The van der Waals surface area contributed by atoms with Crippen LogP contribution in [0.5, 0.6) is 0 Å². The maximum absolute atomic E-state index is 13.1. The van der Waals surface area contributed by atoms with Crippen LogP contribution in [0.15, 0.2) is 0 Å². The van der Waals surface area contributed by atoms with E-state index in [0.717, 1.165) is 0 Å². The summed E-state index contributed by atoms with van der Waals surface area (Å²) in [7, 11) is -14.3. The topological polar surface area (TPSA) is 147 Å². The van der Waals surface area contributed by atoms with Gasteiger partial charge in [-0.1, -0.05) is 0 Å². The van der Waals surface area contributed by atoms with Gasteiger partial charge in [0.05, 0.1) is 52.8 Å². The maximum Gasteiger partial charge on any atom is 0.475 e. The third-order valence-electron chi connectivity index (χ3n) is 4.41. The Kier molecular flexibility index (Phi) is 5.64. The molecule has 0 N–H and O–H groups in total. The van der Waals surface area contributed by atoms with Crippen molar-refractivity contribution in [2.75, 3.05) is 34.5 Å². The number of hydrogen-bond donors (Lipinski definition) is 0. The summed E-state index contributed by atoms with van der Waals surface area (Å²) in [6, 6.07) is 0. The van der Waals surface area contributed by atoms with Crippen molar-refractivity contribution in [3.63, 3.8) is 0 Å². The molecule has 3 heterocycles. The van der Waals surface area contributed by atoms with Crippen LogP contribution in [0.3, 0.4) is 0 Å². The van der Waals surface area contributed by atoms with Gasteiger partial charge in [-0.3, -0.25) is 13.6 Å². The average molecular weight is 452 g/mol. The lowest BCUT2D eigenvalue weighted by Gasteiger charge is -2.25. The normalized spacial score (nSPS) is 35.6. The lowest BCUT2D eigenvalue weighted by molar-refractivity contribution is 0.0482. The van der Waals surface area contributed by atoms with Gasteiger partial charge in [-0.25, -0.2) is 29.8 Å². The SMILES string of the molecule is O=P(O[C@@H]1CCS(=O)(=O)C1)(O[C@@H]1CCS(=O)(=O)C1)O[C@@H]1CCS(=O)(=O)C1. The second kappa shape index (κ2) is 7.09. The highest BCUT2D eigenvalue weighted by molar-refractivity contribution is 7.92. The molecule has 3 aliphatic rings. The van der Waals surface area contributed by atoms with Crippen molar-refractivity contribution in [3.05, 3.63) is 0 Å². The zero-order valence-corrected chi connectivity index (χ0v) is 17.2. The molecule has 0 aliphatic carbocycles. The van der Waals surface area contributed by atoms with Crippen molar-refractivity contribution < 1.29 is 43.4 Å². The molecule has 0 aromatic heterocycles. The first-order valence-corrected chi connectivity index (χ1v) is 15.0. The molecule has 0 aromatic carbocycles. The zero-order valence-electron chi connectivity index (χ0n) is 13.9. The van der Waals surface area contributed by atoms with Crippen LogP contribution in [-0.2, 0) is 47.6 Å². The van der Waals surface area contributed by atoms with E-state index in [-0.39, 0.29) is 53.8 Å². The van der Waals surface area contributed by atoms with E-state index in [9.17, 15) is 29.8 Å². The molecule has 26 heavy (non-hydrogen) atoms. The molecule has 3 aliphatic heterocycles. The van der Waals surface area contributed by atoms with Crippen LogP contribution in [0.2, 0.25) is 0 Å². The third kappa shape index (κ3) is 5.49. The van der Waals surface area contributed by atoms with Crippen LogP contribution >= 0.6 is 7.82 Å². The number of phosphoric acid groups is 1. The summed E-state index contributed by atoms with van der Waals surface area (Å²) in [5, 5.41) is 0. The van der Waals surface area contributed by atoms with Crippen molar-refractivity contribution in [3.8, 4) is 0 Å². The smallest absolute Gasteiger partial charge is 0.282 e. The fourth-order valence-corrected chi connectivity index (χ4v) is 10.0. The predicted octanol–water partition coefficient (Wildman–Crippen LogP) is -0.294. The van der Waals surface area contributed by atoms with Crippen LogP contribution < -0.4 is 0 Å². The molecule has 3 saturated heterocycles. The molecule has 3 atom stereocenters. The minimum atomic E-state index is -4.33. The summed E-state index contributed by atoms with van der Waals surface area (Å²) in [5.41, 5.74) is 0. The van der Waals surface area contributed by atoms with E-state index in [2.05, 4.69) is 0 Å². The molecule has 0 saturated carbocycles. The van der Waals surface area contributed by atoms with Crippen LogP contribution in [-0.4, -0.2) is 78.1 Å². The van der Waals surface area contributed by atoms with Crippen molar-refractivity contribution in [2.24, 2.45) is 0 Å².